The number of para-hydroxylation sites is 1. The van der Waals surface area contributed by atoms with Crippen molar-refractivity contribution in [2.24, 2.45) is 0 Å². The first-order valence-electron chi connectivity index (χ1n) is 11.6. The van der Waals surface area contributed by atoms with Crippen LogP contribution in [0.5, 0.6) is 0 Å². The maximum absolute atomic E-state index is 13.5. The topological polar surface area (TPSA) is 83.6 Å². The molecule has 5 aromatic rings. The van der Waals surface area contributed by atoms with E-state index in [9.17, 15) is 14.7 Å². The quantitative estimate of drug-likeness (QED) is 0.307. The van der Waals surface area contributed by atoms with E-state index < -0.39 is 11.6 Å². The van der Waals surface area contributed by atoms with Crippen LogP contribution in [0.15, 0.2) is 69.9 Å². The van der Waals surface area contributed by atoms with E-state index in [-0.39, 0.29) is 5.56 Å². The Balaban J connectivity index is 1.75. The number of anilines is 1. The second-order valence-electron chi connectivity index (χ2n) is 8.64. The Kier molecular flexibility index (Phi) is 5.15. The number of fused-ring (bicyclic) bond motifs is 3. The van der Waals surface area contributed by atoms with Crippen molar-refractivity contribution in [1.82, 2.24) is 4.98 Å². The number of thiazole rings is 1. The van der Waals surface area contributed by atoms with Crippen LogP contribution in [0.4, 0.5) is 5.69 Å². The average Bonchev–Trinajstić information content (AvgIpc) is 3.30. The van der Waals surface area contributed by atoms with Crippen molar-refractivity contribution >= 4 is 44.2 Å². The lowest BCUT2D eigenvalue weighted by atomic mass is 9.91. The molecule has 6 rings (SSSR count). The van der Waals surface area contributed by atoms with Gasteiger partial charge in [0.15, 0.2) is 0 Å². The molecule has 0 radical (unpaired) electrons. The summed E-state index contributed by atoms with van der Waals surface area (Å²) in [5.41, 5.74) is 4.43. The van der Waals surface area contributed by atoms with Crippen molar-refractivity contribution in [3.8, 4) is 21.7 Å². The van der Waals surface area contributed by atoms with Crippen molar-refractivity contribution in [2.45, 2.75) is 19.8 Å². The average molecular weight is 483 g/mol. The lowest BCUT2D eigenvalue weighted by Crippen LogP contribution is -2.28. The molecule has 7 heteroatoms. The van der Waals surface area contributed by atoms with E-state index in [2.05, 4.69) is 17.9 Å². The van der Waals surface area contributed by atoms with E-state index in [1.165, 1.54) is 16.9 Å². The number of hydrogen-bond acceptors (Lipinski definition) is 6. The van der Waals surface area contributed by atoms with Gasteiger partial charge in [-0.2, -0.15) is 0 Å². The van der Waals surface area contributed by atoms with Gasteiger partial charge in [-0.1, -0.05) is 30.3 Å². The third-order valence-electron chi connectivity index (χ3n) is 6.64. The lowest BCUT2D eigenvalue weighted by Gasteiger charge is -2.30. The largest absolute Gasteiger partial charge is 0.478 e. The first kappa shape index (κ1) is 21.6. The molecule has 0 saturated carbocycles. The van der Waals surface area contributed by atoms with Crippen LogP contribution in [0.3, 0.4) is 0 Å². The highest BCUT2D eigenvalue weighted by Crippen LogP contribution is 2.42. The van der Waals surface area contributed by atoms with Gasteiger partial charge in [0, 0.05) is 35.8 Å². The minimum atomic E-state index is -1.05. The number of carboxylic acid groups (broad SMARTS) is 1. The summed E-state index contributed by atoms with van der Waals surface area (Å²) in [7, 11) is 0. The Morgan fingerprint density at radius 2 is 1.91 bits per heavy atom. The molecule has 1 N–H and O–H groups in total. The fourth-order valence-electron chi connectivity index (χ4n) is 5.03. The molecule has 0 unspecified atom stereocenters. The molecule has 1 aliphatic rings. The fourth-order valence-corrected chi connectivity index (χ4v) is 6.03. The van der Waals surface area contributed by atoms with E-state index in [0.29, 0.717) is 27.3 Å². The summed E-state index contributed by atoms with van der Waals surface area (Å²) >= 11 is 1.40. The Bertz CT molecular complexity index is 1650. The molecule has 0 spiro atoms. The highest BCUT2D eigenvalue weighted by molar-refractivity contribution is 7.21. The Labute approximate surface area is 205 Å². The molecule has 0 saturated heterocycles. The predicted molar refractivity (Wildman–Crippen MR) is 140 cm³/mol. The smallest absolute Gasteiger partial charge is 0.347 e. The number of nitrogens with zero attached hydrogens (tertiary/aromatic N) is 2. The van der Waals surface area contributed by atoms with Gasteiger partial charge >= 0.3 is 11.6 Å². The normalized spacial score (nSPS) is 13.3. The van der Waals surface area contributed by atoms with Gasteiger partial charge < -0.3 is 14.4 Å². The number of aryl methyl sites for hydroxylation is 1. The van der Waals surface area contributed by atoms with Gasteiger partial charge in [-0.3, -0.25) is 0 Å². The first-order chi connectivity index (χ1) is 17.0. The summed E-state index contributed by atoms with van der Waals surface area (Å²) in [6, 6.07) is 18.5. The second-order valence-corrected chi connectivity index (χ2v) is 9.67. The Hall–Kier alpha value is -3.97. The monoisotopic (exact) mass is 482 g/mol. The van der Waals surface area contributed by atoms with Gasteiger partial charge in [0.05, 0.1) is 15.8 Å². The molecule has 2 aromatic heterocycles. The molecule has 0 amide bonds. The van der Waals surface area contributed by atoms with E-state index in [1.807, 2.05) is 30.3 Å². The maximum Gasteiger partial charge on any atom is 0.347 e. The summed E-state index contributed by atoms with van der Waals surface area (Å²) < 4.78 is 6.85. The van der Waals surface area contributed by atoms with Crippen molar-refractivity contribution in [3.05, 3.63) is 82.2 Å². The molecule has 3 heterocycles. The van der Waals surface area contributed by atoms with Gasteiger partial charge in [0.25, 0.3) is 0 Å². The lowest BCUT2D eigenvalue weighted by molar-refractivity contribution is 0.0697. The van der Waals surface area contributed by atoms with Crippen LogP contribution in [0.2, 0.25) is 0 Å². The molecular weight excluding hydrogens is 460 g/mol. The predicted octanol–water partition coefficient (Wildman–Crippen LogP) is 6.21. The standard InChI is InChI=1S/C28H22N2O4S/c1-2-30-13-7-8-16-14-19-22(15-21(16)30)34-28(33)25(26-29-20-11-5-6-12-23(20)35-26)24(19)17-9-3-4-10-18(17)27(31)32/h3-6,9-12,14-15H,2,7-8,13H2,1H3,(H,31,32). The highest BCUT2D eigenvalue weighted by atomic mass is 32.1. The Morgan fingerprint density at radius 3 is 2.71 bits per heavy atom. The number of rotatable bonds is 4. The molecule has 0 atom stereocenters. The van der Waals surface area contributed by atoms with Gasteiger partial charge in [0.2, 0.25) is 0 Å². The van der Waals surface area contributed by atoms with Crippen molar-refractivity contribution < 1.29 is 14.3 Å². The van der Waals surface area contributed by atoms with Crippen LogP contribution in [0.25, 0.3) is 42.9 Å². The zero-order valence-corrected chi connectivity index (χ0v) is 19.9. The summed E-state index contributed by atoms with van der Waals surface area (Å²) in [5.74, 6) is -1.05. The van der Waals surface area contributed by atoms with Crippen molar-refractivity contribution in [3.63, 3.8) is 0 Å². The van der Waals surface area contributed by atoms with E-state index in [4.69, 9.17) is 9.40 Å². The number of carboxylic acids is 1. The van der Waals surface area contributed by atoms with Gasteiger partial charge in [0.1, 0.15) is 16.2 Å². The van der Waals surface area contributed by atoms with E-state index >= 15 is 0 Å². The minimum Gasteiger partial charge on any atom is -0.478 e. The number of aromatic nitrogens is 1. The van der Waals surface area contributed by atoms with Crippen LogP contribution in [0, 0.1) is 0 Å². The van der Waals surface area contributed by atoms with Crippen LogP contribution >= 0.6 is 11.3 Å². The van der Waals surface area contributed by atoms with Crippen LogP contribution in [0.1, 0.15) is 29.3 Å². The van der Waals surface area contributed by atoms with Gasteiger partial charge in [-0.15, -0.1) is 11.3 Å². The molecule has 0 aliphatic carbocycles. The summed E-state index contributed by atoms with van der Waals surface area (Å²) in [5, 5.41) is 11.2. The van der Waals surface area contributed by atoms with Crippen molar-refractivity contribution in [1.29, 1.82) is 0 Å². The molecule has 0 bridgehead atoms. The van der Waals surface area contributed by atoms with Crippen molar-refractivity contribution in [2.75, 3.05) is 18.0 Å². The molecule has 35 heavy (non-hydrogen) atoms. The van der Waals surface area contributed by atoms with Crippen LogP contribution in [-0.4, -0.2) is 29.1 Å². The summed E-state index contributed by atoms with van der Waals surface area (Å²) in [4.78, 5) is 32.8. The summed E-state index contributed by atoms with van der Waals surface area (Å²) in [6.45, 7) is 3.93. The molecule has 1 aliphatic heterocycles. The van der Waals surface area contributed by atoms with Gasteiger partial charge in [-0.25, -0.2) is 14.6 Å². The molecule has 6 nitrogen and oxygen atoms in total. The third-order valence-corrected chi connectivity index (χ3v) is 7.69. The molecule has 0 fully saturated rings. The number of aromatic carboxylic acids is 1. The fraction of sp³-hybridized carbons (Fsp3) is 0.179. The zero-order valence-electron chi connectivity index (χ0n) is 19.1. The maximum atomic E-state index is 13.5. The highest BCUT2D eigenvalue weighted by Gasteiger charge is 2.26. The molecule has 174 valence electrons. The zero-order chi connectivity index (χ0) is 24.1. The number of carbonyl (C=O) groups is 1. The van der Waals surface area contributed by atoms with Gasteiger partial charge in [-0.05, 0) is 55.2 Å². The second kappa shape index (κ2) is 8.36. The Morgan fingerprint density at radius 1 is 1.11 bits per heavy atom. The molecule has 3 aromatic carbocycles. The molecular formula is C28H22N2O4S. The summed E-state index contributed by atoms with van der Waals surface area (Å²) in [6.07, 6.45) is 1.95. The van der Waals surface area contributed by atoms with Crippen LogP contribution in [-0.2, 0) is 6.42 Å². The van der Waals surface area contributed by atoms with E-state index in [1.54, 1.807) is 24.3 Å². The number of benzene rings is 3. The van der Waals surface area contributed by atoms with E-state index in [0.717, 1.165) is 47.2 Å². The first-order valence-corrected chi connectivity index (χ1v) is 12.4. The number of hydrogen-bond donors (Lipinski definition) is 1. The van der Waals surface area contributed by atoms with Crippen LogP contribution < -0.4 is 10.5 Å². The SMILES string of the molecule is CCN1CCCc2cc3c(-c4ccccc4C(=O)O)c(-c4nc5ccccc5s4)c(=O)oc3cc21. The third kappa shape index (κ3) is 3.51. The minimum absolute atomic E-state index is 0.134.